The lowest BCUT2D eigenvalue weighted by atomic mass is 10.4. The first kappa shape index (κ1) is 13.4. The fourth-order valence-electron chi connectivity index (χ4n) is 1.22. The molecule has 0 amide bonds. The number of rotatable bonds is 4. The topological polar surface area (TPSA) is 110 Å². The van der Waals surface area contributed by atoms with Crippen LogP contribution in [0.4, 0.5) is 5.69 Å². The maximum atomic E-state index is 11.9. The van der Waals surface area contributed by atoms with E-state index < -0.39 is 26.8 Å². The number of carbonyl (C=O) groups is 1. The zero-order chi connectivity index (χ0) is 14.0. The molecule has 0 atom stereocenters. The predicted octanol–water partition coefficient (Wildman–Crippen LogP) is 1.83. The fraction of sp³-hybridized carbons (Fsp3) is 0. The molecule has 19 heavy (non-hydrogen) atoms. The van der Waals surface area contributed by atoms with Gasteiger partial charge in [0.05, 0.1) is 11.9 Å². The van der Waals surface area contributed by atoms with Gasteiger partial charge in [-0.25, -0.2) is 9.78 Å². The first-order valence-corrected chi connectivity index (χ1v) is 6.72. The molecule has 2 rings (SSSR count). The number of pyridine rings is 1. The van der Waals surface area contributed by atoms with Crippen LogP contribution in [-0.2, 0) is 10.0 Å². The second-order valence-corrected chi connectivity index (χ2v) is 5.40. The number of carboxylic acids is 1. The van der Waals surface area contributed by atoms with Crippen molar-refractivity contribution in [2.75, 3.05) is 4.72 Å². The summed E-state index contributed by atoms with van der Waals surface area (Å²) < 4.78 is 30.6. The van der Waals surface area contributed by atoms with Crippen LogP contribution in [0.25, 0.3) is 0 Å². The number of nitrogens with zero attached hydrogens (tertiary/aromatic N) is 1. The van der Waals surface area contributed by atoms with Crippen LogP contribution in [0, 0.1) is 0 Å². The van der Waals surface area contributed by atoms with Gasteiger partial charge in [0.2, 0.25) is 10.9 Å². The van der Waals surface area contributed by atoms with E-state index in [0.29, 0.717) is 0 Å². The Labute approximate surface area is 112 Å². The van der Waals surface area contributed by atoms with Crippen molar-refractivity contribution in [3.8, 4) is 0 Å². The lowest BCUT2D eigenvalue weighted by Crippen LogP contribution is -2.12. The van der Waals surface area contributed by atoms with E-state index in [1.165, 1.54) is 18.3 Å². The van der Waals surface area contributed by atoms with Crippen molar-refractivity contribution in [2.24, 2.45) is 0 Å². The van der Waals surface area contributed by atoms with Gasteiger partial charge in [-0.3, -0.25) is 4.72 Å². The van der Waals surface area contributed by atoms with Crippen molar-refractivity contribution in [3.63, 3.8) is 0 Å². The van der Waals surface area contributed by atoms with Crippen molar-refractivity contribution in [1.29, 1.82) is 0 Å². The minimum atomic E-state index is -4.00. The summed E-state index contributed by atoms with van der Waals surface area (Å²) >= 11 is 5.57. The van der Waals surface area contributed by atoms with Crippen LogP contribution in [0.2, 0.25) is 5.15 Å². The van der Waals surface area contributed by atoms with Crippen molar-refractivity contribution >= 4 is 33.3 Å². The van der Waals surface area contributed by atoms with Crippen LogP contribution in [0.15, 0.2) is 40.0 Å². The third-order valence-corrected chi connectivity index (χ3v) is 3.51. The molecule has 2 aromatic heterocycles. The van der Waals surface area contributed by atoms with Gasteiger partial charge in [-0.05, 0) is 24.3 Å². The summed E-state index contributed by atoms with van der Waals surface area (Å²) in [6.07, 6.45) is 1.22. The molecule has 0 unspecified atom stereocenters. The summed E-state index contributed by atoms with van der Waals surface area (Å²) in [5.74, 6) is -1.82. The van der Waals surface area contributed by atoms with Gasteiger partial charge in [-0.2, -0.15) is 8.42 Å². The summed E-state index contributed by atoms with van der Waals surface area (Å²) in [6, 6.07) is 4.92. The van der Waals surface area contributed by atoms with Gasteiger partial charge < -0.3 is 9.52 Å². The minimum absolute atomic E-state index is 0.178. The minimum Gasteiger partial charge on any atom is -0.475 e. The second kappa shape index (κ2) is 4.90. The van der Waals surface area contributed by atoms with Gasteiger partial charge in [-0.15, -0.1) is 0 Å². The SMILES string of the molecule is O=C(O)c1ccc(S(=O)(=O)Nc2ccc(Cl)nc2)o1. The highest BCUT2D eigenvalue weighted by molar-refractivity contribution is 7.92. The first-order valence-electron chi connectivity index (χ1n) is 4.86. The third kappa shape index (κ3) is 3.04. The number of aromatic nitrogens is 1. The summed E-state index contributed by atoms with van der Waals surface area (Å²) in [5.41, 5.74) is 0.178. The van der Waals surface area contributed by atoms with Crippen molar-refractivity contribution in [3.05, 3.63) is 41.4 Å². The van der Waals surface area contributed by atoms with Crippen molar-refractivity contribution < 1.29 is 22.7 Å². The molecule has 2 aromatic rings. The molecule has 0 saturated carbocycles. The van der Waals surface area contributed by atoms with Gasteiger partial charge in [0.25, 0.3) is 10.0 Å². The van der Waals surface area contributed by atoms with Crippen molar-refractivity contribution in [2.45, 2.75) is 5.09 Å². The highest BCUT2D eigenvalue weighted by Gasteiger charge is 2.21. The quantitative estimate of drug-likeness (QED) is 0.834. The molecule has 0 saturated heterocycles. The van der Waals surface area contributed by atoms with Gasteiger partial charge in [-0.1, -0.05) is 11.6 Å². The van der Waals surface area contributed by atoms with E-state index in [1.807, 2.05) is 0 Å². The molecule has 0 aliphatic rings. The van der Waals surface area contributed by atoms with E-state index in [-0.39, 0.29) is 10.8 Å². The molecule has 9 heteroatoms. The van der Waals surface area contributed by atoms with Gasteiger partial charge in [0, 0.05) is 0 Å². The zero-order valence-electron chi connectivity index (χ0n) is 9.20. The number of anilines is 1. The van der Waals surface area contributed by atoms with Crippen LogP contribution < -0.4 is 4.72 Å². The van der Waals surface area contributed by atoms with Crippen LogP contribution in [0.3, 0.4) is 0 Å². The fourth-order valence-corrected chi connectivity index (χ4v) is 2.31. The largest absolute Gasteiger partial charge is 0.475 e. The molecule has 100 valence electrons. The number of hydrogen-bond acceptors (Lipinski definition) is 5. The molecule has 0 fully saturated rings. The van der Waals surface area contributed by atoms with E-state index >= 15 is 0 Å². The van der Waals surface area contributed by atoms with Crippen LogP contribution in [-0.4, -0.2) is 24.5 Å². The molecule has 7 nitrogen and oxygen atoms in total. The molecule has 0 radical (unpaired) electrons. The monoisotopic (exact) mass is 302 g/mol. The maximum absolute atomic E-state index is 11.9. The van der Waals surface area contributed by atoms with Gasteiger partial charge in [0.15, 0.2) is 0 Å². The molecule has 2 heterocycles. The Morgan fingerprint density at radius 3 is 2.58 bits per heavy atom. The smallest absolute Gasteiger partial charge is 0.371 e. The zero-order valence-corrected chi connectivity index (χ0v) is 10.8. The van der Waals surface area contributed by atoms with Crippen LogP contribution >= 0.6 is 11.6 Å². The average Bonchev–Trinajstić information content (AvgIpc) is 2.82. The van der Waals surface area contributed by atoms with E-state index in [4.69, 9.17) is 21.1 Å². The third-order valence-electron chi connectivity index (χ3n) is 2.04. The molecule has 0 aliphatic carbocycles. The Kier molecular flexibility index (Phi) is 3.45. The van der Waals surface area contributed by atoms with Crippen LogP contribution in [0.5, 0.6) is 0 Å². The molecule has 2 N–H and O–H groups in total. The Hall–Kier alpha value is -2.06. The summed E-state index contributed by atoms with van der Waals surface area (Å²) in [5, 5.41) is 8.37. The number of furan rings is 1. The average molecular weight is 303 g/mol. The Bertz CT molecular complexity index is 708. The predicted molar refractivity (Wildman–Crippen MR) is 65.7 cm³/mol. The highest BCUT2D eigenvalue weighted by Crippen LogP contribution is 2.18. The molecule has 0 aliphatic heterocycles. The summed E-state index contributed by atoms with van der Waals surface area (Å²) in [4.78, 5) is 14.3. The first-order chi connectivity index (χ1) is 8.88. The lowest BCUT2D eigenvalue weighted by Gasteiger charge is -2.04. The number of halogens is 1. The molecule has 0 aromatic carbocycles. The Balaban J connectivity index is 2.26. The summed E-state index contributed by atoms with van der Waals surface area (Å²) in [6.45, 7) is 0. The number of sulfonamides is 1. The van der Waals surface area contributed by atoms with Gasteiger partial charge >= 0.3 is 5.97 Å². The molecule has 0 spiro atoms. The Morgan fingerprint density at radius 2 is 2.05 bits per heavy atom. The number of nitrogens with one attached hydrogen (secondary N) is 1. The van der Waals surface area contributed by atoms with E-state index in [0.717, 1.165) is 12.1 Å². The molecular weight excluding hydrogens is 296 g/mol. The normalized spacial score (nSPS) is 11.2. The highest BCUT2D eigenvalue weighted by atomic mass is 35.5. The second-order valence-electron chi connectivity index (χ2n) is 3.40. The van der Waals surface area contributed by atoms with Crippen molar-refractivity contribution in [1.82, 2.24) is 4.98 Å². The van der Waals surface area contributed by atoms with E-state index in [1.54, 1.807) is 0 Å². The number of carboxylic acid groups (broad SMARTS) is 1. The number of aromatic carboxylic acids is 1. The maximum Gasteiger partial charge on any atom is 0.371 e. The van der Waals surface area contributed by atoms with E-state index in [2.05, 4.69) is 9.71 Å². The molecule has 0 bridgehead atoms. The Morgan fingerprint density at radius 1 is 1.32 bits per heavy atom. The number of hydrogen-bond donors (Lipinski definition) is 2. The van der Waals surface area contributed by atoms with Gasteiger partial charge in [0.1, 0.15) is 5.15 Å². The standard InChI is InChI=1S/C10H7ClN2O5S/c11-8-3-1-6(5-12-8)13-19(16,17)9-4-2-7(18-9)10(14)15/h1-5,13H,(H,14,15). The van der Waals surface area contributed by atoms with Crippen LogP contribution in [0.1, 0.15) is 10.6 Å². The molecular formula is C10H7ClN2O5S. The summed E-state index contributed by atoms with van der Waals surface area (Å²) in [7, 11) is -4.00. The van der Waals surface area contributed by atoms with E-state index in [9.17, 15) is 13.2 Å². The lowest BCUT2D eigenvalue weighted by molar-refractivity contribution is 0.0656.